The zero-order valence-electron chi connectivity index (χ0n) is 10.0. The summed E-state index contributed by atoms with van der Waals surface area (Å²) in [6, 6.07) is 7.20. The van der Waals surface area contributed by atoms with Crippen molar-refractivity contribution < 1.29 is 0 Å². The highest BCUT2D eigenvalue weighted by Gasteiger charge is 2.05. The molecule has 1 nitrogen and oxygen atoms in total. The van der Waals surface area contributed by atoms with Gasteiger partial charge in [-0.15, -0.1) is 6.58 Å². The van der Waals surface area contributed by atoms with Crippen molar-refractivity contribution in [1.82, 2.24) is 5.32 Å². The summed E-state index contributed by atoms with van der Waals surface area (Å²) in [6.07, 6.45) is 4.06. The quantitative estimate of drug-likeness (QED) is 0.725. The first-order valence-corrected chi connectivity index (χ1v) is 5.51. The molecule has 1 heteroatoms. The Labute approximate surface area is 93.2 Å². The molecule has 1 unspecified atom stereocenters. The van der Waals surface area contributed by atoms with Gasteiger partial charge in [-0.1, -0.05) is 24.3 Å². The van der Waals surface area contributed by atoms with Gasteiger partial charge in [-0.25, -0.2) is 0 Å². The van der Waals surface area contributed by atoms with E-state index in [1.54, 1.807) is 0 Å². The molecule has 15 heavy (non-hydrogen) atoms. The topological polar surface area (TPSA) is 12.0 Å². The van der Waals surface area contributed by atoms with Crippen LogP contribution in [0.3, 0.4) is 0 Å². The van der Waals surface area contributed by atoms with Crippen LogP contribution in [-0.2, 0) is 6.42 Å². The Kier molecular flexibility index (Phi) is 4.57. The van der Waals surface area contributed by atoms with E-state index in [1.165, 1.54) is 16.7 Å². The first-order valence-electron chi connectivity index (χ1n) is 5.51. The molecule has 0 bridgehead atoms. The second-order valence-corrected chi connectivity index (χ2v) is 4.13. The smallest absolute Gasteiger partial charge is 0.0139 e. The molecule has 0 radical (unpaired) electrons. The lowest BCUT2D eigenvalue weighted by Gasteiger charge is -2.14. The predicted octanol–water partition coefficient (Wildman–Crippen LogP) is 3.01. The minimum absolute atomic E-state index is 0.504. The van der Waals surface area contributed by atoms with Crippen molar-refractivity contribution >= 4 is 0 Å². The average molecular weight is 203 g/mol. The van der Waals surface area contributed by atoms with Crippen LogP contribution in [-0.4, -0.2) is 13.1 Å². The lowest BCUT2D eigenvalue weighted by Crippen LogP contribution is -2.26. The third kappa shape index (κ3) is 3.52. The van der Waals surface area contributed by atoms with Gasteiger partial charge in [0.25, 0.3) is 0 Å². The third-order valence-corrected chi connectivity index (χ3v) is 2.91. The fraction of sp³-hybridized carbons (Fsp3) is 0.429. The van der Waals surface area contributed by atoms with Crippen LogP contribution >= 0.6 is 0 Å². The molecule has 0 saturated heterocycles. The van der Waals surface area contributed by atoms with Gasteiger partial charge in [-0.2, -0.15) is 0 Å². The lowest BCUT2D eigenvalue weighted by atomic mass is 9.99. The Morgan fingerprint density at radius 2 is 2.07 bits per heavy atom. The molecule has 82 valence electrons. The standard InChI is InChI=1S/C14H21N/c1-5-6-14(15-4)10-13-8-7-11(2)12(3)9-13/h5,7-9,14-15H,1,6,10H2,2-4H3. The fourth-order valence-electron chi connectivity index (χ4n) is 1.72. The second-order valence-electron chi connectivity index (χ2n) is 4.13. The van der Waals surface area contributed by atoms with E-state index in [2.05, 4.69) is 43.9 Å². The van der Waals surface area contributed by atoms with Crippen LogP contribution in [0.4, 0.5) is 0 Å². The summed E-state index contributed by atoms with van der Waals surface area (Å²) in [5.74, 6) is 0. The highest BCUT2D eigenvalue weighted by molar-refractivity contribution is 5.30. The molecule has 1 N–H and O–H groups in total. The molecule has 1 rings (SSSR count). The highest BCUT2D eigenvalue weighted by atomic mass is 14.9. The van der Waals surface area contributed by atoms with E-state index in [4.69, 9.17) is 0 Å². The summed E-state index contributed by atoms with van der Waals surface area (Å²) in [7, 11) is 2.01. The lowest BCUT2D eigenvalue weighted by molar-refractivity contribution is 0.566. The number of rotatable bonds is 5. The number of nitrogens with one attached hydrogen (secondary N) is 1. The predicted molar refractivity (Wildman–Crippen MR) is 67.3 cm³/mol. The van der Waals surface area contributed by atoms with E-state index in [0.717, 1.165) is 12.8 Å². The van der Waals surface area contributed by atoms with Crippen LogP contribution in [0.1, 0.15) is 23.1 Å². The van der Waals surface area contributed by atoms with Gasteiger partial charge in [-0.05, 0) is 50.4 Å². The zero-order chi connectivity index (χ0) is 11.3. The molecular formula is C14H21N. The van der Waals surface area contributed by atoms with E-state index in [-0.39, 0.29) is 0 Å². The Morgan fingerprint density at radius 3 is 2.60 bits per heavy atom. The maximum Gasteiger partial charge on any atom is 0.0139 e. The zero-order valence-corrected chi connectivity index (χ0v) is 10.0. The minimum atomic E-state index is 0.504. The molecular weight excluding hydrogens is 182 g/mol. The summed E-state index contributed by atoms with van der Waals surface area (Å²) in [6.45, 7) is 8.10. The number of aryl methyl sites for hydroxylation is 2. The van der Waals surface area contributed by atoms with Gasteiger partial charge in [-0.3, -0.25) is 0 Å². The van der Waals surface area contributed by atoms with E-state index in [0.29, 0.717) is 6.04 Å². The van der Waals surface area contributed by atoms with E-state index < -0.39 is 0 Å². The number of benzene rings is 1. The van der Waals surface area contributed by atoms with E-state index >= 15 is 0 Å². The van der Waals surface area contributed by atoms with E-state index in [1.807, 2.05) is 13.1 Å². The van der Waals surface area contributed by atoms with Gasteiger partial charge in [0.15, 0.2) is 0 Å². The summed E-state index contributed by atoms with van der Waals surface area (Å²) in [5, 5.41) is 3.31. The molecule has 0 fully saturated rings. The monoisotopic (exact) mass is 203 g/mol. The number of likely N-dealkylation sites (N-methyl/N-ethyl adjacent to an activating group) is 1. The first kappa shape index (κ1) is 12.0. The highest BCUT2D eigenvalue weighted by Crippen LogP contribution is 2.12. The fourth-order valence-corrected chi connectivity index (χ4v) is 1.72. The molecule has 0 aliphatic rings. The average Bonchev–Trinajstić information content (AvgIpc) is 2.23. The second kappa shape index (κ2) is 5.72. The molecule has 1 atom stereocenters. The van der Waals surface area contributed by atoms with Crippen LogP contribution in [0.5, 0.6) is 0 Å². The molecule has 1 aromatic carbocycles. The van der Waals surface area contributed by atoms with Crippen LogP contribution < -0.4 is 5.32 Å². The van der Waals surface area contributed by atoms with Gasteiger partial charge in [0.1, 0.15) is 0 Å². The molecule has 0 spiro atoms. The molecule has 0 heterocycles. The SMILES string of the molecule is C=CCC(Cc1ccc(C)c(C)c1)NC. The maximum absolute atomic E-state index is 3.78. The van der Waals surface area contributed by atoms with Crippen molar-refractivity contribution in [2.75, 3.05) is 7.05 Å². The van der Waals surface area contributed by atoms with Crippen LogP contribution in [0.25, 0.3) is 0 Å². The van der Waals surface area contributed by atoms with Crippen LogP contribution in [0.2, 0.25) is 0 Å². The minimum Gasteiger partial charge on any atom is -0.316 e. The number of hydrogen-bond donors (Lipinski definition) is 1. The third-order valence-electron chi connectivity index (χ3n) is 2.91. The van der Waals surface area contributed by atoms with Crippen LogP contribution in [0, 0.1) is 13.8 Å². The molecule has 1 aromatic rings. The molecule has 0 saturated carbocycles. The maximum atomic E-state index is 3.78. The Balaban J connectivity index is 2.70. The van der Waals surface area contributed by atoms with Crippen LogP contribution in [0.15, 0.2) is 30.9 Å². The van der Waals surface area contributed by atoms with Gasteiger partial charge < -0.3 is 5.32 Å². The molecule has 0 aromatic heterocycles. The van der Waals surface area contributed by atoms with Crippen molar-refractivity contribution in [3.8, 4) is 0 Å². The van der Waals surface area contributed by atoms with E-state index in [9.17, 15) is 0 Å². The summed E-state index contributed by atoms with van der Waals surface area (Å²) < 4.78 is 0. The molecule has 0 aliphatic carbocycles. The summed E-state index contributed by atoms with van der Waals surface area (Å²) >= 11 is 0. The molecule has 0 amide bonds. The van der Waals surface area contributed by atoms with Gasteiger partial charge >= 0.3 is 0 Å². The first-order chi connectivity index (χ1) is 7.17. The molecule has 0 aliphatic heterocycles. The Hall–Kier alpha value is -1.08. The van der Waals surface area contributed by atoms with Gasteiger partial charge in [0.2, 0.25) is 0 Å². The Bertz CT molecular complexity index is 328. The van der Waals surface area contributed by atoms with Crippen molar-refractivity contribution in [3.63, 3.8) is 0 Å². The van der Waals surface area contributed by atoms with Crippen molar-refractivity contribution in [1.29, 1.82) is 0 Å². The number of hydrogen-bond acceptors (Lipinski definition) is 1. The van der Waals surface area contributed by atoms with Crippen molar-refractivity contribution in [2.45, 2.75) is 32.7 Å². The van der Waals surface area contributed by atoms with Crippen molar-refractivity contribution in [3.05, 3.63) is 47.5 Å². The van der Waals surface area contributed by atoms with Crippen molar-refractivity contribution in [2.24, 2.45) is 0 Å². The van der Waals surface area contributed by atoms with Gasteiger partial charge in [0, 0.05) is 6.04 Å². The summed E-state index contributed by atoms with van der Waals surface area (Å²) in [5.41, 5.74) is 4.14. The normalized spacial score (nSPS) is 12.5. The van der Waals surface area contributed by atoms with Gasteiger partial charge in [0.05, 0.1) is 0 Å². The largest absolute Gasteiger partial charge is 0.316 e. The Morgan fingerprint density at radius 1 is 1.33 bits per heavy atom. The summed E-state index contributed by atoms with van der Waals surface area (Å²) in [4.78, 5) is 0.